The topological polar surface area (TPSA) is 66.5 Å². The summed E-state index contributed by atoms with van der Waals surface area (Å²) in [6.45, 7) is 4.92. The van der Waals surface area contributed by atoms with Crippen LogP contribution in [-0.4, -0.2) is 31.2 Å². The lowest BCUT2D eigenvalue weighted by atomic mass is 9.95. The van der Waals surface area contributed by atoms with E-state index in [0.29, 0.717) is 18.9 Å². The van der Waals surface area contributed by atoms with E-state index in [1.165, 1.54) is 4.31 Å². The van der Waals surface area contributed by atoms with Gasteiger partial charge in [-0.05, 0) is 52.8 Å². The van der Waals surface area contributed by atoms with Crippen molar-refractivity contribution in [2.45, 2.75) is 44.2 Å². The quantitative estimate of drug-likeness (QED) is 0.632. The highest BCUT2D eigenvalue weighted by molar-refractivity contribution is 7.89. The van der Waals surface area contributed by atoms with Crippen LogP contribution in [0.5, 0.6) is 0 Å². The van der Waals surface area contributed by atoms with Crippen LogP contribution in [0, 0.1) is 5.92 Å². The summed E-state index contributed by atoms with van der Waals surface area (Å²) in [6, 6.07) is 19.8. The molecule has 0 saturated heterocycles. The molecule has 0 fully saturated rings. The van der Waals surface area contributed by atoms with Crippen LogP contribution in [0.25, 0.3) is 10.8 Å². The van der Waals surface area contributed by atoms with Crippen molar-refractivity contribution in [3.05, 3.63) is 77.9 Å². The van der Waals surface area contributed by atoms with E-state index >= 15 is 0 Å². The molecule has 1 atom stereocenters. The van der Waals surface area contributed by atoms with Gasteiger partial charge in [-0.3, -0.25) is 4.79 Å². The molecule has 0 aliphatic carbocycles. The lowest BCUT2D eigenvalue weighted by Crippen LogP contribution is -2.52. The Morgan fingerprint density at radius 3 is 2.42 bits per heavy atom. The molecule has 162 valence electrons. The number of carbonyl (C=O) groups excluding carboxylic acids is 1. The Morgan fingerprint density at radius 1 is 1.00 bits per heavy atom. The number of benzene rings is 3. The maximum atomic E-state index is 13.7. The van der Waals surface area contributed by atoms with Gasteiger partial charge < -0.3 is 5.32 Å². The largest absolute Gasteiger partial charge is 0.355 e. The van der Waals surface area contributed by atoms with E-state index in [9.17, 15) is 13.2 Å². The SMILES string of the molecule is CC(C)CCNC(=O)C1Cc2ccccc2CN1S(=O)(=O)c1ccc2ccccc2c1. The predicted octanol–water partition coefficient (Wildman–Crippen LogP) is 4.12. The summed E-state index contributed by atoms with van der Waals surface area (Å²) in [5.41, 5.74) is 1.97. The standard InChI is InChI=1S/C25H28N2O3S/c1-18(2)13-14-26-25(28)24-16-21-9-5-6-10-22(21)17-27(24)31(29,30)23-12-11-19-7-3-4-8-20(19)15-23/h3-12,15,18,24H,13-14,16-17H2,1-2H3,(H,26,28). The Bertz CT molecular complexity index is 1200. The monoisotopic (exact) mass is 436 g/mol. The van der Waals surface area contributed by atoms with E-state index in [0.717, 1.165) is 28.3 Å². The molecule has 1 heterocycles. The molecule has 0 saturated carbocycles. The van der Waals surface area contributed by atoms with Crippen LogP contribution in [0.2, 0.25) is 0 Å². The minimum Gasteiger partial charge on any atom is -0.355 e. The van der Waals surface area contributed by atoms with Gasteiger partial charge in [0, 0.05) is 13.1 Å². The zero-order valence-corrected chi connectivity index (χ0v) is 18.7. The van der Waals surface area contributed by atoms with Gasteiger partial charge in [-0.1, -0.05) is 68.4 Å². The molecule has 31 heavy (non-hydrogen) atoms. The summed E-state index contributed by atoms with van der Waals surface area (Å²) < 4.78 is 28.7. The highest BCUT2D eigenvalue weighted by Crippen LogP contribution is 2.30. The third kappa shape index (κ3) is 4.50. The molecule has 4 rings (SSSR count). The first-order chi connectivity index (χ1) is 14.9. The van der Waals surface area contributed by atoms with Crippen molar-refractivity contribution in [2.75, 3.05) is 6.54 Å². The fourth-order valence-corrected chi connectivity index (χ4v) is 5.64. The maximum absolute atomic E-state index is 13.7. The van der Waals surface area contributed by atoms with Crippen molar-refractivity contribution in [3.63, 3.8) is 0 Å². The van der Waals surface area contributed by atoms with Gasteiger partial charge in [0.15, 0.2) is 0 Å². The number of fused-ring (bicyclic) bond motifs is 2. The summed E-state index contributed by atoms with van der Waals surface area (Å²) in [7, 11) is -3.86. The molecule has 3 aromatic rings. The second kappa shape index (κ2) is 8.81. The second-order valence-corrected chi connectivity index (χ2v) is 10.4. The van der Waals surface area contributed by atoms with Crippen molar-refractivity contribution in [3.8, 4) is 0 Å². The Balaban J connectivity index is 1.69. The third-order valence-corrected chi connectivity index (χ3v) is 7.71. The molecule has 1 aliphatic rings. The van der Waals surface area contributed by atoms with Crippen molar-refractivity contribution in [1.29, 1.82) is 0 Å². The van der Waals surface area contributed by atoms with Gasteiger partial charge in [-0.15, -0.1) is 0 Å². The highest BCUT2D eigenvalue weighted by atomic mass is 32.2. The first kappa shape index (κ1) is 21.5. The van der Waals surface area contributed by atoms with Crippen molar-refractivity contribution >= 4 is 26.7 Å². The van der Waals surface area contributed by atoms with Gasteiger partial charge in [0.2, 0.25) is 15.9 Å². The van der Waals surface area contributed by atoms with Gasteiger partial charge in [0.25, 0.3) is 0 Å². The smallest absolute Gasteiger partial charge is 0.244 e. The van der Waals surface area contributed by atoms with Gasteiger partial charge >= 0.3 is 0 Å². The van der Waals surface area contributed by atoms with Crippen LogP contribution in [0.15, 0.2) is 71.6 Å². The molecule has 3 aromatic carbocycles. The van der Waals surface area contributed by atoms with Gasteiger partial charge in [-0.25, -0.2) is 8.42 Å². The zero-order chi connectivity index (χ0) is 22.0. The average Bonchev–Trinajstić information content (AvgIpc) is 2.77. The highest BCUT2D eigenvalue weighted by Gasteiger charge is 2.39. The molecular formula is C25H28N2O3S. The summed E-state index contributed by atoms with van der Waals surface area (Å²) in [5, 5.41) is 4.79. The second-order valence-electron chi connectivity index (χ2n) is 8.52. The molecule has 1 unspecified atom stereocenters. The van der Waals surface area contributed by atoms with Gasteiger partial charge in [0.05, 0.1) is 4.90 Å². The molecular weight excluding hydrogens is 408 g/mol. The minimum atomic E-state index is -3.86. The van der Waals surface area contributed by atoms with E-state index < -0.39 is 16.1 Å². The van der Waals surface area contributed by atoms with Crippen molar-refractivity contribution < 1.29 is 13.2 Å². The van der Waals surface area contributed by atoms with E-state index in [4.69, 9.17) is 0 Å². The van der Waals surface area contributed by atoms with Crippen LogP contribution >= 0.6 is 0 Å². The van der Waals surface area contributed by atoms with E-state index in [2.05, 4.69) is 19.2 Å². The Labute approximate surface area is 184 Å². The van der Waals surface area contributed by atoms with Crippen LogP contribution < -0.4 is 5.32 Å². The summed E-state index contributed by atoms with van der Waals surface area (Å²) >= 11 is 0. The van der Waals surface area contributed by atoms with E-state index in [-0.39, 0.29) is 17.3 Å². The Morgan fingerprint density at radius 2 is 1.68 bits per heavy atom. The third-order valence-electron chi connectivity index (χ3n) is 5.86. The Kier molecular flexibility index (Phi) is 6.12. The first-order valence-corrected chi connectivity index (χ1v) is 12.2. The number of rotatable bonds is 6. The molecule has 1 aliphatic heterocycles. The lowest BCUT2D eigenvalue weighted by molar-refractivity contribution is -0.125. The maximum Gasteiger partial charge on any atom is 0.244 e. The number of amides is 1. The average molecular weight is 437 g/mol. The zero-order valence-electron chi connectivity index (χ0n) is 17.9. The molecule has 0 bridgehead atoms. The van der Waals surface area contributed by atoms with Crippen molar-refractivity contribution in [1.82, 2.24) is 9.62 Å². The van der Waals surface area contributed by atoms with E-state index in [1.807, 2.05) is 54.6 Å². The molecule has 0 aromatic heterocycles. The molecule has 0 radical (unpaired) electrons. The number of sulfonamides is 1. The van der Waals surface area contributed by atoms with Crippen LogP contribution in [0.1, 0.15) is 31.4 Å². The lowest BCUT2D eigenvalue weighted by Gasteiger charge is -2.35. The van der Waals surface area contributed by atoms with Crippen LogP contribution in [-0.2, 0) is 27.8 Å². The Hall–Kier alpha value is -2.70. The fourth-order valence-electron chi connectivity index (χ4n) is 4.04. The number of carbonyl (C=O) groups is 1. The number of hydrogen-bond acceptors (Lipinski definition) is 3. The number of nitrogens with one attached hydrogen (secondary N) is 1. The number of nitrogens with zero attached hydrogens (tertiary/aromatic N) is 1. The summed E-state index contributed by atoms with van der Waals surface area (Å²) in [6.07, 6.45) is 1.23. The molecule has 5 nitrogen and oxygen atoms in total. The summed E-state index contributed by atoms with van der Waals surface area (Å²) in [5.74, 6) is 0.226. The number of hydrogen-bond donors (Lipinski definition) is 1. The van der Waals surface area contributed by atoms with Crippen molar-refractivity contribution in [2.24, 2.45) is 5.92 Å². The van der Waals surface area contributed by atoms with E-state index in [1.54, 1.807) is 12.1 Å². The normalized spacial score (nSPS) is 16.9. The molecule has 1 amide bonds. The molecule has 6 heteroatoms. The first-order valence-electron chi connectivity index (χ1n) is 10.7. The molecule has 1 N–H and O–H groups in total. The van der Waals surface area contributed by atoms with Gasteiger partial charge in [0.1, 0.15) is 6.04 Å². The van der Waals surface area contributed by atoms with Gasteiger partial charge in [-0.2, -0.15) is 4.31 Å². The fraction of sp³-hybridized carbons (Fsp3) is 0.320. The minimum absolute atomic E-state index is 0.188. The molecule has 0 spiro atoms. The summed E-state index contributed by atoms with van der Waals surface area (Å²) in [4.78, 5) is 13.3. The predicted molar refractivity (Wildman–Crippen MR) is 123 cm³/mol. The van der Waals surface area contributed by atoms with Crippen LogP contribution in [0.4, 0.5) is 0 Å². The van der Waals surface area contributed by atoms with Crippen LogP contribution in [0.3, 0.4) is 0 Å².